The van der Waals surface area contributed by atoms with Gasteiger partial charge in [0.15, 0.2) is 0 Å². The summed E-state index contributed by atoms with van der Waals surface area (Å²) in [5, 5.41) is 0. The Morgan fingerprint density at radius 2 is 0.848 bits per heavy atom. The monoisotopic (exact) mass is 460 g/mol. The van der Waals surface area contributed by atoms with Crippen LogP contribution in [0.4, 0.5) is 0 Å². The maximum absolute atomic E-state index is 12.0. The van der Waals surface area contributed by atoms with Crippen molar-refractivity contribution < 1.29 is 9.53 Å². The van der Waals surface area contributed by atoms with Gasteiger partial charge in [-0.15, -0.1) is 0 Å². The van der Waals surface area contributed by atoms with Crippen LogP contribution in [0.3, 0.4) is 0 Å². The molecule has 0 aromatic heterocycles. The van der Waals surface area contributed by atoms with Gasteiger partial charge in [0.25, 0.3) is 0 Å². The van der Waals surface area contributed by atoms with Crippen molar-refractivity contribution in [1.82, 2.24) is 0 Å². The smallest absolute Gasteiger partial charge is 0.309 e. The molecule has 192 valence electrons. The molecule has 0 saturated heterocycles. The minimum Gasteiger partial charge on any atom is -0.462 e. The van der Waals surface area contributed by atoms with Crippen molar-refractivity contribution in [3.63, 3.8) is 0 Å². The molecule has 2 heteroatoms. The molecule has 0 aromatic rings. The van der Waals surface area contributed by atoms with Crippen LogP contribution in [-0.2, 0) is 9.53 Å². The summed E-state index contributed by atoms with van der Waals surface area (Å²) in [5.41, 5.74) is 0. The van der Waals surface area contributed by atoms with Gasteiger partial charge in [-0.2, -0.15) is 0 Å². The number of hydrogen-bond acceptors (Lipinski definition) is 2. The second kappa shape index (κ2) is 14.1. The molecule has 0 aromatic carbocycles. The van der Waals surface area contributed by atoms with Crippen LogP contribution in [0.2, 0.25) is 0 Å². The van der Waals surface area contributed by atoms with E-state index in [0.29, 0.717) is 0 Å². The Balaban J connectivity index is 0.000000186. The lowest BCUT2D eigenvalue weighted by atomic mass is 9.76. The number of esters is 1. The Labute approximate surface area is 206 Å². The van der Waals surface area contributed by atoms with Gasteiger partial charge < -0.3 is 4.74 Å². The highest BCUT2D eigenvalue weighted by atomic mass is 16.5. The standard InChI is InChI=1S/C16H30.C15H26O2/c1-13-3-7-15(8-4-13)11-12-16-9-5-14(2)6-10-16;1-11-3-7-13(8-4-11)15(16)17-14-9-5-12(2)6-10-14/h13-16H,3-12H2,1-2H3;11-14H,3-10H2,1-2H3. The van der Waals surface area contributed by atoms with Crippen LogP contribution in [0.15, 0.2) is 0 Å². The highest BCUT2D eigenvalue weighted by molar-refractivity contribution is 5.72. The number of ether oxygens (including phenoxy) is 1. The Morgan fingerprint density at radius 3 is 1.24 bits per heavy atom. The third-order valence-corrected chi connectivity index (χ3v) is 9.85. The van der Waals surface area contributed by atoms with Crippen molar-refractivity contribution in [3.8, 4) is 0 Å². The van der Waals surface area contributed by atoms with Crippen molar-refractivity contribution >= 4 is 5.97 Å². The molecular weight excluding hydrogens is 404 g/mol. The van der Waals surface area contributed by atoms with Gasteiger partial charge >= 0.3 is 5.97 Å². The fraction of sp³-hybridized carbons (Fsp3) is 0.968. The van der Waals surface area contributed by atoms with Crippen molar-refractivity contribution in [2.45, 2.75) is 149 Å². The molecule has 4 aliphatic rings. The fourth-order valence-corrected chi connectivity index (χ4v) is 6.81. The van der Waals surface area contributed by atoms with E-state index >= 15 is 0 Å². The summed E-state index contributed by atoms with van der Waals surface area (Å²) in [5.74, 6) is 6.14. The second-order valence-electron chi connectivity index (χ2n) is 13.1. The van der Waals surface area contributed by atoms with Crippen LogP contribution >= 0.6 is 0 Å². The molecule has 0 N–H and O–H groups in total. The van der Waals surface area contributed by atoms with E-state index in [9.17, 15) is 4.79 Å². The highest BCUT2D eigenvalue weighted by Crippen LogP contribution is 2.36. The van der Waals surface area contributed by atoms with Crippen molar-refractivity contribution in [1.29, 1.82) is 0 Å². The molecule has 2 nitrogen and oxygen atoms in total. The topological polar surface area (TPSA) is 26.3 Å². The molecular formula is C31H56O2. The van der Waals surface area contributed by atoms with Gasteiger partial charge in [0, 0.05) is 0 Å². The van der Waals surface area contributed by atoms with Gasteiger partial charge in [-0.1, -0.05) is 91.9 Å². The lowest BCUT2D eigenvalue weighted by Crippen LogP contribution is -2.29. The third kappa shape index (κ3) is 9.93. The summed E-state index contributed by atoms with van der Waals surface area (Å²) in [7, 11) is 0. The molecule has 4 rings (SSSR count). The summed E-state index contributed by atoms with van der Waals surface area (Å²) in [4.78, 5) is 12.0. The lowest BCUT2D eigenvalue weighted by Gasteiger charge is -2.30. The molecule has 0 heterocycles. The molecule has 0 bridgehead atoms. The fourth-order valence-electron chi connectivity index (χ4n) is 6.81. The van der Waals surface area contributed by atoms with Crippen molar-refractivity contribution in [3.05, 3.63) is 0 Å². The molecule has 0 amide bonds. The van der Waals surface area contributed by atoms with E-state index in [1.54, 1.807) is 12.8 Å². The van der Waals surface area contributed by atoms with E-state index in [1.807, 2.05) is 0 Å². The van der Waals surface area contributed by atoms with Gasteiger partial charge in [0.1, 0.15) is 6.10 Å². The Kier molecular flexibility index (Phi) is 11.6. The predicted molar refractivity (Wildman–Crippen MR) is 140 cm³/mol. The number of carbonyl (C=O) groups excluding carboxylic acids is 1. The molecule has 0 unspecified atom stereocenters. The van der Waals surface area contributed by atoms with Crippen LogP contribution < -0.4 is 0 Å². The largest absolute Gasteiger partial charge is 0.462 e. The summed E-state index contributed by atoms with van der Waals surface area (Å²) in [6, 6.07) is 0. The minimum absolute atomic E-state index is 0.0939. The first kappa shape index (κ1) is 27.1. The number of rotatable bonds is 5. The van der Waals surface area contributed by atoms with E-state index in [2.05, 4.69) is 27.7 Å². The average molecular weight is 461 g/mol. The molecule has 4 saturated carbocycles. The van der Waals surface area contributed by atoms with Crippen LogP contribution in [0.25, 0.3) is 0 Å². The summed E-state index contributed by atoms with van der Waals surface area (Å²) >= 11 is 0. The van der Waals surface area contributed by atoms with E-state index in [4.69, 9.17) is 4.74 Å². The van der Waals surface area contributed by atoms with E-state index in [1.165, 1.54) is 77.0 Å². The third-order valence-electron chi connectivity index (χ3n) is 9.85. The Hall–Kier alpha value is -0.530. The number of hydrogen-bond donors (Lipinski definition) is 0. The summed E-state index contributed by atoms with van der Waals surface area (Å²) in [6.07, 6.45) is 24.6. The maximum Gasteiger partial charge on any atom is 0.309 e. The van der Waals surface area contributed by atoms with Gasteiger partial charge in [-0.25, -0.2) is 0 Å². The van der Waals surface area contributed by atoms with Gasteiger partial charge in [0.2, 0.25) is 0 Å². The normalized spacial score (nSPS) is 39.8. The summed E-state index contributed by atoms with van der Waals surface area (Å²) in [6.45, 7) is 9.43. The average Bonchev–Trinajstić information content (AvgIpc) is 2.82. The van der Waals surface area contributed by atoms with Gasteiger partial charge in [-0.3, -0.25) is 4.79 Å². The zero-order valence-electron chi connectivity index (χ0n) is 22.7. The van der Waals surface area contributed by atoms with E-state index < -0.39 is 0 Å². The van der Waals surface area contributed by atoms with Gasteiger partial charge in [0.05, 0.1) is 5.92 Å². The van der Waals surface area contributed by atoms with Crippen LogP contribution in [-0.4, -0.2) is 12.1 Å². The molecule has 0 aliphatic heterocycles. The quantitative estimate of drug-likeness (QED) is 0.382. The molecule has 4 fully saturated rings. The van der Waals surface area contributed by atoms with Gasteiger partial charge in [-0.05, 0) is 86.9 Å². The highest BCUT2D eigenvalue weighted by Gasteiger charge is 2.29. The minimum atomic E-state index is 0.0939. The molecule has 33 heavy (non-hydrogen) atoms. The molecule has 0 radical (unpaired) electrons. The first-order valence-electron chi connectivity index (χ1n) is 15.1. The zero-order chi connectivity index (χ0) is 23.6. The predicted octanol–water partition coefficient (Wildman–Crippen LogP) is 9.35. The Morgan fingerprint density at radius 1 is 0.515 bits per heavy atom. The van der Waals surface area contributed by atoms with Crippen LogP contribution in [0.1, 0.15) is 143 Å². The van der Waals surface area contributed by atoms with E-state index in [-0.39, 0.29) is 18.0 Å². The van der Waals surface area contributed by atoms with Crippen molar-refractivity contribution in [2.24, 2.45) is 41.4 Å². The Bertz CT molecular complexity index is 503. The second-order valence-corrected chi connectivity index (χ2v) is 13.1. The first-order valence-corrected chi connectivity index (χ1v) is 15.1. The molecule has 4 aliphatic carbocycles. The zero-order valence-corrected chi connectivity index (χ0v) is 22.7. The molecule has 0 spiro atoms. The van der Waals surface area contributed by atoms with E-state index in [0.717, 1.165) is 61.2 Å². The number of carbonyl (C=O) groups is 1. The lowest BCUT2D eigenvalue weighted by molar-refractivity contribution is -0.157. The SMILES string of the molecule is CC1CCC(CCC2CCC(C)CC2)CC1.CC1CCC(OC(=O)C2CCC(C)CC2)CC1. The molecule has 0 atom stereocenters. The van der Waals surface area contributed by atoms with Crippen LogP contribution in [0.5, 0.6) is 0 Å². The summed E-state index contributed by atoms with van der Waals surface area (Å²) < 4.78 is 5.68. The maximum atomic E-state index is 12.0. The van der Waals surface area contributed by atoms with Crippen molar-refractivity contribution in [2.75, 3.05) is 0 Å². The first-order chi connectivity index (χ1) is 15.9. The van der Waals surface area contributed by atoms with Crippen LogP contribution in [0, 0.1) is 41.4 Å².